The zero-order valence-electron chi connectivity index (χ0n) is 14.7. The number of hydrogen-bond donors (Lipinski definition) is 2. The van der Waals surface area contributed by atoms with Crippen molar-refractivity contribution in [3.05, 3.63) is 41.8 Å². The summed E-state index contributed by atoms with van der Waals surface area (Å²) in [5.74, 6) is -0.220. The molecule has 2 aromatic rings. The molecule has 136 valence electrons. The summed E-state index contributed by atoms with van der Waals surface area (Å²) >= 11 is 0. The second kappa shape index (κ2) is 9.90. The van der Waals surface area contributed by atoms with E-state index < -0.39 is 0 Å². The smallest absolute Gasteiger partial charge is 0.236 e. The van der Waals surface area contributed by atoms with Crippen molar-refractivity contribution in [2.45, 2.75) is 12.8 Å². The monoisotopic (exact) mass is 348 g/mol. The average molecular weight is 348 g/mol. The first-order valence-corrected chi connectivity index (χ1v) is 8.34. The summed E-state index contributed by atoms with van der Waals surface area (Å²) in [4.78, 5) is 13.6. The van der Waals surface area contributed by atoms with Gasteiger partial charge in [0.05, 0.1) is 18.8 Å². The molecule has 0 fully saturated rings. The van der Waals surface area contributed by atoms with Gasteiger partial charge in [-0.25, -0.2) is 4.39 Å². The highest BCUT2D eigenvalue weighted by atomic mass is 19.1. The number of nitrogens with zero attached hydrogens (tertiary/aromatic N) is 2. The highest BCUT2D eigenvalue weighted by Gasteiger charge is 2.09. The fourth-order valence-corrected chi connectivity index (χ4v) is 2.42. The summed E-state index contributed by atoms with van der Waals surface area (Å²) < 4.78 is 18.2. The second-order valence-electron chi connectivity index (χ2n) is 5.88. The van der Waals surface area contributed by atoms with Crippen molar-refractivity contribution in [2.75, 3.05) is 40.4 Å². The molecule has 0 atom stereocenters. The molecule has 0 aliphatic carbocycles. The molecule has 0 aliphatic heterocycles. The van der Waals surface area contributed by atoms with Crippen LogP contribution < -0.4 is 5.32 Å². The Balaban J connectivity index is 1.74. The van der Waals surface area contributed by atoms with Crippen LogP contribution in [0.1, 0.15) is 12.1 Å². The van der Waals surface area contributed by atoms with Gasteiger partial charge in [0.15, 0.2) is 0 Å². The number of ether oxygens (including phenoxy) is 1. The third-order valence-corrected chi connectivity index (χ3v) is 3.88. The highest BCUT2D eigenvalue weighted by molar-refractivity contribution is 5.77. The molecule has 0 radical (unpaired) electrons. The fraction of sp³-hybridized carbons (Fsp3) is 0.444. The van der Waals surface area contributed by atoms with Crippen molar-refractivity contribution in [1.82, 2.24) is 20.4 Å². The van der Waals surface area contributed by atoms with Crippen LogP contribution in [0.3, 0.4) is 0 Å². The van der Waals surface area contributed by atoms with E-state index in [4.69, 9.17) is 4.74 Å². The van der Waals surface area contributed by atoms with Crippen molar-refractivity contribution in [3.63, 3.8) is 0 Å². The van der Waals surface area contributed by atoms with Crippen LogP contribution in [0.4, 0.5) is 4.39 Å². The van der Waals surface area contributed by atoms with Gasteiger partial charge in [0, 0.05) is 38.5 Å². The molecular weight excluding hydrogens is 323 g/mol. The quantitative estimate of drug-likeness (QED) is 0.643. The van der Waals surface area contributed by atoms with Crippen LogP contribution in [-0.4, -0.2) is 61.4 Å². The standard InChI is InChI=1S/C18H25FN4O2/c1-23(18(24)13-20-8-10-25-2)9-4-7-16-12-17(22-21-16)14-5-3-6-15(19)11-14/h3,5-6,11-12,20H,4,7-10,13H2,1-2H3,(H,21,22). The van der Waals surface area contributed by atoms with E-state index in [2.05, 4.69) is 15.5 Å². The predicted molar refractivity (Wildman–Crippen MR) is 94.7 cm³/mol. The Hall–Kier alpha value is -2.25. The minimum Gasteiger partial charge on any atom is -0.383 e. The number of benzene rings is 1. The van der Waals surface area contributed by atoms with Crippen LogP contribution in [0, 0.1) is 5.82 Å². The van der Waals surface area contributed by atoms with E-state index >= 15 is 0 Å². The van der Waals surface area contributed by atoms with Crippen LogP contribution in [0.5, 0.6) is 0 Å². The van der Waals surface area contributed by atoms with Crippen LogP contribution in [0.25, 0.3) is 11.3 Å². The molecule has 1 amide bonds. The molecule has 7 heteroatoms. The molecule has 1 aromatic carbocycles. The lowest BCUT2D eigenvalue weighted by atomic mass is 10.1. The number of rotatable bonds is 10. The highest BCUT2D eigenvalue weighted by Crippen LogP contribution is 2.19. The molecule has 0 aliphatic rings. The number of methoxy groups -OCH3 is 1. The van der Waals surface area contributed by atoms with Crippen molar-refractivity contribution in [3.8, 4) is 11.3 Å². The molecule has 0 unspecified atom stereocenters. The zero-order chi connectivity index (χ0) is 18.1. The number of hydrogen-bond acceptors (Lipinski definition) is 4. The first kappa shape index (κ1) is 19.1. The Morgan fingerprint density at radius 2 is 2.24 bits per heavy atom. The number of likely N-dealkylation sites (N-methyl/N-ethyl adjacent to an activating group) is 1. The minimum atomic E-state index is -0.277. The molecule has 1 heterocycles. The predicted octanol–water partition coefficient (Wildman–Crippen LogP) is 1.84. The largest absolute Gasteiger partial charge is 0.383 e. The van der Waals surface area contributed by atoms with Gasteiger partial charge >= 0.3 is 0 Å². The van der Waals surface area contributed by atoms with Crippen molar-refractivity contribution < 1.29 is 13.9 Å². The molecule has 0 bridgehead atoms. The molecule has 0 spiro atoms. The molecule has 2 rings (SSSR count). The number of halogens is 1. The number of carbonyl (C=O) groups excluding carboxylic acids is 1. The van der Waals surface area contributed by atoms with E-state index in [-0.39, 0.29) is 11.7 Å². The van der Waals surface area contributed by atoms with Crippen molar-refractivity contribution in [2.24, 2.45) is 0 Å². The van der Waals surface area contributed by atoms with Crippen molar-refractivity contribution >= 4 is 5.91 Å². The number of amides is 1. The normalized spacial score (nSPS) is 10.8. The van der Waals surface area contributed by atoms with E-state index in [0.717, 1.165) is 29.8 Å². The van der Waals surface area contributed by atoms with Crippen LogP contribution >= 0.6 is 0 Å². The lowest BCUT2D eigenvalue weighted by molar-refractivity contribution is -0.129. The number of aromatic amines is 1. The Labute approximate surface area is 147 Å². The van der Waals surface area contributed by atoms with Gasteiger partial charge in [-0.2, -0.15) is 5.10 Å². The van der Waals surface area contributed by atoms with Gasteiger partial charge in [0.25, 0.3) is 0 Å². The van der Waals surface area contributed by atoms with Gasteiger partial charge in [-0.1, -0.05) is 12.1 Å². The third kappa shape index (κ3) is 6.28. The maximum Gasteiger partial charge on any atom is 0.236 e. The maximum atomic E-state index is 13.3. The SMILES string of the molecule is COCCNCC(=O)N(C)CCCc1cc(-c2cccc(F)c2)n[nH]1. The minimum absolute atomic E-state index is 0.0566. The number of carbonyl (C=O) groups is 1. The second-order valence-corrected chi connectivity index (χ2v) is 5.88. The van der Waals surface area contributed by atoms with Crippen LogP contribution in [-0.2, 0) is 16.0 Å². The molecule has 0 saturated heterocycles. The molecule has 0 saturated carbocycles. The summed E-state index contributed by atoms with van der Waals surface area (Å²) in [7, 11) is 3.43. The Bertz CT molecular complexity index is 675. The summed E-state index contributed by atoms with van der Waals surface area (Å²) in [6.07, 6.45) is 1.60. The molecular formula is C18H25FN4O2. The zero-order valence-corrected chi connectivity index (χ0v) is 14.7. The summed E-state index contributed by atoms with van der Waals surface area (Å²) in [5, 5.41) is 10.2. The Morgan fingerprint density at radius 3 is 3.00 bits per heavy atom. The van der Waals surface area contributed by atoms with Gasteiger partial charge in [0.1, 0.15) is 5.82 Å². The van der Waals surface area contributed by atoms with E-state index in [1.807, 2.05) is 12.1 Å². The first-order chi connectivity index (χ1) is 12.1. The Morgan fingerprint density at radius 1 is 1.40 bits per heavy atom. The van der Waals surface area contributed by atoms with Crippen molar-refractivity contribution in [1.29, 1.82) is 0 Å². The molecule has 6 nitrogen and oxygen atoms in total. The molecule has 1 aromatic heterocycles. The van der Waals surface area contributed by atoms with Gasteiger partial charge < -0.3 is 15.0 Å². The Kier molecular flexibility index (Phi) is 7.56. The fourth-order valence-electron chi connectivity index (χ4n) is 2.42. The van der Waals surface area contributed by atoms with E-state index in [0.29, 0.717) is 26.2 Å². The van der Waals surface area contributed by atoms with Gasteiger partial charge in [-0.15, -0.1) is 0 Å². The number of H-pyrrole nitrogens is 1. The lowest BCUT2D eigenvalue weighted by Gasteiger charge is -2.17. The van der Waals surface area contributed by atoms with E-state index in [1.165, 1.54) is 12.1 Å². The molecule has 2 N–H and O–H groups in total. The first-order valence-electron chi connectivity index (χ1n) is 8.34. The van der Waals surface area contributed by atoms with E-state index in [9.17, 15) is 9.18 Å². The number of aromatic nitrogens is 2. The van der Waals surface area contributed by atoms with Gasteiger partial charge in [-0.3, -0.25) is 9.89 Å². The average Bonchev–Trinajstić information content (AvgIpc) is 3.07. The summed E-state index contributed by atoms with van der Waals surface area (Å²) in [6, 6.07) is 8.28. The van der Waals surface area contributed by atoms with Gasteiger partial charge in [0.2, 0.25) is 5.91 Å². The molecule has 25 heavy (non-hydrogen) atoms. The van der Waals surface area contributed by atoms with Crippen LogP contribution in [0.2, 0.25) is 0 Å². The lowest BCUT2D eigenvalue weighted by Crippen LogP contribution is -2.37. The topological polar surface area (TPSA) is 70.2 Å². The summed E-state index contributed by atoms with van der Waals surface area (Å²) in [5.41, 5.74) is 2.44. The number of nitrogens with one attached hydrogen (secondary N) is 2. The van der Waals surface area contributed by atoms with Gasteiger partial charge in [-0.05, 0) is 31.0 Å². The maximum absolute atomic E-state index is 13.3. The third-order valence-electron chi connectivity index (χ3n) is 3.88. The summed E-state index contributed by atoms with van der Waals surface area (Å²) in [6.45, 7) is 2.23. The number of aryl methyl sites for hydroxylation is 1. The van der Waals surface area contributed by atoms with E-state index in [1.54, 1.807) is 25.1 Å². The van der Waals surface area contributed by atoms with Crippen LogP contribution in [0.15, 0.2) is 30.3 Å².